The van der Waals surface area contributed by atoms with Gasteiger partial charge in [0.05, 0.1) is 11.7 Å². The summed E-state index contributed by atoms with van der Waals surface area (Å²) in [4.78, 5) is 26.7. The summed E-state index contributed by atoms with van der Waals surface area (Å²) in [5.74, 6) is -0.0000604. The van der Waals surface area contributed by atoms with Gasteiger partial charge in [0.25, 0.3) is 0 Å². The predicted molar refractivity (Wildman–Crippen MR) is 77.7 cm³/mol. The van der Waals surface area contributed by atoms with E-state index in [4.69, 9.17) is 4.74 Å². The predicted octanol–water partition coefficient (Wildman–Crippen LogP) is 1.78. The number of hydrogen-bond acceptors (Lipinski definition) is 6. The van der Waals surface area contributed by atoms with Crippen molar-refractivity contribution in [3.8, 4) is 0 Å². The van der Waals surface area contributed by atoms with Gasteiger partial charge in [0, 0.05) is 5.69 Å². The zero-order chi connectivity index (χ0) is 15.4. The number of aryl methyl sites for hydroxylation is 1. The third-order valence-electron chi connectivity index (χ3n) is 2.60. The molecule has 0 saturated heterocycles. The third kappa shape index (κ3) is 3.88. The highest BCUT2D eigenvalue weighted by molar-refractivity contribution is 5.90. The van der Waals surface area contributed by atoms with Gasteiger partial charge >= 0.3 is 11.7 Å². The smallest absolute Gasteiger partial charge is 0.363 e. The molecule has 21 heavy (non-hydrogen) atoms. The zero-order valence-corrected chi connectivity index (χ0v) is 12.0. The molecule has 0 unspecified atom stereocenters. The van der Waals surface area contributed by atoms with Crippen molar-refractivity contribution in [2.75, 3.05) is 5.32 Å². The average Bonchev–Trinajstić information content (AvgIpc) is 2.43. The molecule has 7 heteroatoms. The Bertz CT molecular complexity index is 692. The number of carbonyl (C=O) groups is 1. The summed E-state index contributed by atoms with van der Waals surface area (Å²) < 4.78 is 5.10. The topological polar surface area (TPSA) is 97.0 Å². The number of aromatic nitrogens is 3. The largest absolute Gasteiger partial charge is 0.459 e. The van der Waals surface area contributed by atoms with E-state index >= 15 is 0 Å². The molecule has 0 radical (unpaired) electrons. The SMILES string of the molecule is Cc1n[nH]c(=O)nc1Nc1ccc(C(=O)OC(C)C)cc1. The van der Waals surface area contributed by atoms with Crippen LogP contribution in [0.1, 0.15) is 29.9 Å². The molecule has 0 spiro atoms. The van der Waals surface area contributed by atoms with Gasteiger partial charge in [0.1, 0.15) is 5.69 Å². The first-order valence-electron chi connectivity index (χ1n) is 6.47. The van der Waals surface area contributed by atoms with Crippen LogP contribution < -0.4 is 11.0 Å². The monoisotopic (exact) mass is 288 g/mol. The van der Waals surface area contributed by atoms with Crippen LogP contribution in [-0.4, -0.2) is 27.3 Å². The Morgan fingerprint density at radius 1 is 1.29 bits per heavy atom. The van der Waals surface area contributed by atoms with Crippen LogP contribution in [-0.2, 0) is 4.74 Å². The number of carbonyl (C=O) groups excluding carboxylic acids is 1. The second kappa shape index (κ2) is 6.17. The molecule has 0 aliphatic rings. The molecule has 7 nitrogen and oxygen atoms in total. The first kappa shape index (κ1) is 14.7. The highest BCUT2D eigenvalue weighted by Crippen LogP contribution is 2.16. The molecule has 1 aromatic heterocycles. The summed E-state index contributed by atoms with van der Waals surface area (Å²) in [5, 5.41) is 9.04. The van der Waals surface area contributed by atoms with E-state index in [1.165, 1.54) is 0 Å². The van der Waals surface area contributed by atoms with Crippen molar-refractivity contribution >= 4 is 17.5 Å². The van der Waals surface area contributed by atoms with Crippen LogP contribution >= 0.6 is 0 Å². The maximum atomic E-state index is 11.7. The normalized spacial score (nSPS) is 10.5. The van der Waals surface area contributed by atoms with Gasteiger partial charge in [-0.05, 0) is 45.0 Å². The zero-order valence-electron chi connectivity index (χ0n) is 12.0. The lowest BCUT2D eigenvalue weighted by Gasteiger charge is -2.09. The Labute approximate surface area is 121 Å². The molecule has 0 bridgehead atoms. The number of H-pyrrole nitrogens is 1. The fourth-order valence-electron chi connectivity index (χ4n) is 1.62. The van der Waals surface area contributed by atoms with Crippen LogP contribution in [0.15, 0.2) is 29.1 Å². The number of ether oxygens (including phenoxy) is 1. The third-order valence-corrected chi connectivity index (χ3v) is 2.60. The van der Waals surface area contributed by atoms with Crippen molar-refractivity contribution in [1.29, 1.82) is 0 Å². The van der Waals surface area contributed by atoms with Crippen molar-refractivity contribution in [2.45, 2.75) is 26.9 Å². The van der Waals surface area contributed by atoms with Crippen LogP contribution in [0, 0.1) is 6.92 Å². The Hall–Kier alpha value is -2.70. The molecule has 1 aromatic carbocycles. The number of aromatic amines is 1. The Morgan fingerprint density at radius 3 is 2.57 bits per heavy atom. The highest BCUT2D eigenvalue weighted by Gasteiger charge is 2.09. The van der Waals surface area contributed by atoms with Crippen LogP contribution in [0.3, 0.4) is 0 Å². The minimum Gasteiger partial charge on any atom is -0.459 e. The molecule has 0 amide bonds. The number of nitrogens with one attached hydrogen (secondary N) is 2. The van der Waals surface area contributed by atoms with Crippen molar-refractivity contribution < 1.29 is 9.53 Å². The van der Waals surface area contributed by atoms with Crippen molar-refractivity contribution in [3.63, 3.8) is 0 Å². The molecular weight excluding hydrogens is 272 g/mol. The molecule has 1 heterocycles. The molecule has 2 aromatic rings. The molecule has 0 saturated carbocycles. The average molecular weight is 288 g/mol. The molecule has 2 N–H and O–H groups in total. The van der Waals surface area contributed by atoms with Gasteiger partial charge in [0.15, 0.2) is 5.82 Å². The van der Waals surface area contributed by atoms with E-state index in [2.05, 4.69) is 20.5 Å². The highest BCUT2D eigenvalue weighted by atomic mass is 16.5. The van der Waals surface area contributed by atoms with E-state index in [0.29, 0.717) is 22.8 Å². The molecule has 0 atom stereocenters. The number of nitrogens with zero attached hydrogens (tertiary/aromatic N) is 2. The summed E-state index contributed by atoms with van der Waals surface area (Å²) in [7, 11) is 0. The van der Waals surface area contributed by atoms with Crippen molar-refractivity contribution in [2.24, 2.45) is 0 Å². The Kier molecular flexibility index (Phi) is 4.32. The molecule has 110 valence electrons. The number of benzene rings is 1. The fraction of sp³-hybridized carbons (Fsp3) is 0.286. The quantitative estimate of drug-likeness (QED) is 0.832. The summed E-state index contributed by atoms with van der Waals surface area (Å²) >= 11 is 0. The van der Waals surface area contributed by atoms with E-state index < -0.39 is 5.69 Å². The molecular formula is C14H16N4O3. The number of rotatable bonds is 4. The van der Waals surface area contributed by atoms with Crippen LogP contribution in [0.25, 0.3) is 0 Å². The number of esters is 1. The summed E-state index contributed by atoms with van der Waals surface area (Å²) in [6.07, 6.45) is -0.163. The minimum absolute atomic E-state index is 0.163. The van der Waals surface area contributed by atoms with Crippen LogP contribution in [0.5, 0.6) is 0 Å². The Balaban J connectivity index is 2.14. The maximum absolute atomic E-state index is 11.7. The van der Waals surface area contributed by atoms with Gasteiger partial charge in [-0.1, -0.05) is 0 Å². The van der Waals surface area contributed by atoms with Crippen molar-refractivity contribution in [3.05, 3.63) is 46.0 Å². The van der Waals surface area contributed by atoms with E-state index in [-0.39, 0.29) is 12.1 Å². The van der Waals surface area contributed by atoms with Gasteiger partial charge in [-0.2, -0.15) is 10.1 Å². The lowest BCUT2D eigenvalue weighted by molar-refractivity contribution is 0.0378. The van der Waals surface area contributed by atoms with Gasteiger partial charge in [-0.15, -0.1) is 0 Å². The molecule has 0 aliphatic heterocycles. The van der Waals surface area contributed by atoms with Gasteiger partial charge in [-0.25, -0.2) is 14.7 Å². The summed E-state index contributed by atoms with van der Waals surface area (Å²) in [5.41, 5.74) is 1.19. The fourth-order valence-corrected chi connectivity index (χ4v) is 1.62. The van der Waals surface area contributed by atoms with Crippen LogP contribution in [0.4, 0.5) is 11.5 Å². The van der Waals surface area contributed by atoms with Gasteiger partial charge < -0.3 is 10.1 Å². The molecule has 0 fully saturated rings. The van der Waals surface area contributed by atoms with E-state index in [1.54, 1.807) is 45.0 Å². The summed E-state index contributed by atoms with van der Waals surface area (Å²) in [6.45, 7) is 5.31. The van der Waals surface area contributed by atoms with E-state index in [0.717, 1.165) is 0 Å². The second-order valence-corrected chi connectivity index (χ2v) is 4.73. The Morgan fingerprint density at radius 2 is 1.95 bits per heavy atom. The van der Waals surface area contributed by atoms with Crippen molar-refractivity contribution in [1.82, 2.24) is 15.2 Å². The number of hydrogen-bond donors (Lipinski definition) is 2. The summed E-state index contributed by atoms with van der Waals surface area (Å²) in [6, 6.07) is 6.70. The maximum Gasteiger partial charge on any atom is 0.363 e. The minimum atomic E-state index is -0.528. The lowest BCUT2D eigenvalue weighted by atomic mass is 10.2. The molecule has 0 aliphatic carbocycles. The van der Waals surface area contributed by atoms with Crippen LogP contribution in [0.2, 0.25) is 0 Å². The van der Waals surface area contributed by atoms with E-state index in [1.807, 2.05) is 0 Å². The lowest BCUT2D eigenvalue weighted by Crippen LogP contribution is -2.15. The van der Waals surface area contributed by atoms with Gasteiger partial charge in [0.2, 0.25) is 0 Å². The van der Waals surface area contributed by atoms with E-state index in [9.17, 15) is 9.59 Å². The number of anilines is 2. The van der Waals surface area contributed by atoms with Gasteiger partial charge in [-0.3, -0.25) is 0 Å². The standard InChI is InChI=1S/C14H16N4O3/c1-8(2)21-13(19)10-4-6-11(7-5-10)15-12-9(3)17-18-14(20)16-12/h4-8H,1-3H3,(H2,15,16,18,20). The second-order valence-electron chi connectivity index (χ2n) is 4.73. The first-order valence-corrected chi connectivity index (χ1v) is 6.47. The molecule has 2 rings (SSSR count). The first-order chi connectivity index (χ1) is 9.95.